The van der Waals surface area contributed by atoms with Crippen molar-refractivity contribution in [3.05, 3.63) is 30.6 Å². The molecule has 0 saturated heterocycles. The molecule has 0 spiro atoms. The monoisotopic (exact) mass is 230 g/mol. The smallest absolute Gasteiger partial charge is 0.412 e. The van der Waals surface area contributed by atoms with Gasteiger partial charge >= 0.3 is 42.5 Å². The minimum absolute atomic E-state index is 0. The van der Waals surface area contributed by atoms with Crippen LogP contribution in [0.4, 0.5) is 0 Å². The van der Waals surface area contributed by atoms with E-state index in [-0.39, 0.29) is 48.0 Å². The van der Waals surface area contributed by atoms with Gasteiger partial charge in [-0.1, -0.05) is 0 Å². The first kappa shape index (κ1) is 30.9. The van der Waals surface area contributed by atoms with E-state index in [0.29, 0.717) is 0 Å². The van der Waals surface area contributed by atoms with Crippen molar-refractivity contribution in [1.29, 1.82) is 0 Å². The van der Waals surface area contributed by atoms with Crippen LogP contribution in [0, 0.1) is 30.6 Å². The molecule has 0 aromatic heterocycles. The predicted molar refractivity (Wildman–Crippen MR) is 30.1 cm³/mol. The quantitative estimate of drug-likeness (QED) is 0.274. The topological polar surface area (TPSA) is 164 Å². The molecular weight excluding hydrogens is 230 g/mol. The van der Waals surface area contributed by atoms with Crippen LogP contribution >= 0.6 is 0 Å². The van der Waals surface area contributed by atoms with Gasteiger partial charge in [0.25, 0.3) is 0 Å². The molecule has 0 aromatic carbocycles. The Morgan fingerprint density at radius 1 is 0.818 bits per heavy atom. The van der Waals surface area contributed by atoms with E-state index in [9.17, 15) is 0 Å². The van der Waals surface area contributed by atoms with Crippen molar-refractivity contribution in [2.75, 3.05) is 0 Å². The normalized spacial score (nSPS) is 4.36. The van der Waals surface area contributed by atoms with E-state index in [0.717, 1.165) is 0 Å². The molecule has 0 fully saturated rings. The maximum Gasteiger partial charge on any atom is 2.00 e. The fraction of sp³-hybridized carbons (Fsp3) is 0. The number of hydrogen-bond donors (Lipinski definition) is 0. The van der Waals surface area contributed by atoms with Gasteiger partial charge in [-0.25, -0.2) is 0 Å². The van der Waals surface area contributed by atoms with Crippen molar-refractivity contribution >= 4 is 23.1 Å². The van der Waals surface area contributed by atoms with Crippen molar-refractivity contribution in [2.45, 2.75) is 0 Å². The van der Waals surface area contributed by atoms with Gasteiger partial charge in [0.2, 0.25) is 0 Å². The van der Waals surface area contributed by atoms with Gasteiger partial charge in [-0.05, 0) is 0 Å². The molecule has 0 aliphatic carbocycles. The summed E-state index contributed by atoms with van der Waals surface area (Å²) >= 11 is 0. The van der Waals surface area contributed by atoms with E-state index in [1.165, 1.54) is 0 Å². The molecule has 56 valence electrons. The zero-order valence-electron chi connectivity index (χ0n) is 5.26. The second-order valence-electron chi connectivity index (χ2n) is 0.447. The SMILES string of the molecule is O.O=[N+]([O-])[O-].O=[N+]([O-])[O-].[Mg+2].[Zn+2]. The number of hydrogen-bond acceptors (Lipinski definition) is 6. The van der Waals surface area contributed by atoms with Crippen molar-refractivity contribution in [3.8, 4) is 0 Å². The summed E-state index contributed by atoms with van der Waals surface area (Å²) in [6.45, 7) is 0. The minimum Gasteiger partial charge on any atom is -0.412 e. The Morgan fingerprint density at radius 2 is 0.818 bits per heavy atom. The summed E-state index contributed by atoms with van der Waals surface area (Å²) in [7, 11) is 0. The Hall–Kier alpha value is -0.250. The van der Waals surface area contributed by atoms with E-state index in [2.05, 4.69) is 0 Å². The average Bonchev–Trinajstić information content (AvgIpc) is 1.25. The molecule has 11 heteroatoms. The average molecular weight is 232 g/mol. The molecule has 0 radical (unpaired) electrons. The van der Waals surface area contributed by atoms with Crippen LogP contribution in [0.1, 0.15) is 0 Å². The Labute approximate surface area is 88.8 Å². The molecule has 0 aromatic rings. The standard InChI is InChI=1S/Mg.2NO3.H2O.Zn/c;2*2-1(3)4;;/h;;;1H2;/q+2;2*-1;;+2. The largest absolute Gasteiger partial charge is 2.00 e. The van der Waals surface area contributed by atoms with Gasteiger partial charge in [-0.2, -0.15) is 0 Å². The molecular formula is H2MgN2O7Zn+2. The second kappa shape index (κ2) is 22.6. The molecule has 9 nitrogen and oxygen atoms in total. The minimum atomic E-state index is -1.75. The van der Waals surface area contributed by atoms with Crippen molar-refractivity contribution in [2.24, 2.45) is 0 Å². The zero-order chi connectivity index (χ0) is 7.15. The molecule has 0 rings (SSSR count). The Balaban J connectivity index is -0.0000000171. The van der Waals surface area contributed by atoms with Crippen LogP contribution in [0.3, 0.4) is 0 Å². The van der Waals surface area contributed by atoms with Crippen LogP contribution in [0.2, 0.25) is 0 Å². The Kier molecular flexibility index (Phi) is 63.4. The molecule has 0 saturated carbocycles. The van der Waals surface area contributed by atoms with E-state index in [1.54, 1.807) is 0 Å². The molecule has 0 aliphatic rings. The van der Waals surface area contributed by atoms with Gasteiger partial charge in [-0.15, -0.1) is 0 Å². The first-order valence-electron chi connectivity index (χ1n) is 1.10. The van der Waals surface area contributed by atoms with Crippen LogP contribution in [0.25, 0.3) is 0 Å². The third-order valence-electron chi connectivity index (χ3n) is 0. The van der Waals surface area contributed by atoms with Gasteiger partial charge in [-0.3, -0.25) is 0 Å². The summed E-state index contributed by atoms with van der Waals surface area (Å²) in [5.74, 6) is 0. The molecule has 0 heterocycles. The van der Waals surface area contributed by atoms with Gasteiger partial charge in [0.15, 0.2) is 0 Å². The molecule has 2 N–H and O–H groups in total. The Bertz CT molecular complexity index is 74.4. The summed E-state index contributed by atoms with van der Waals surface area (Å²) < 4.78 is 0. The molecule has 0 aliphatic heterocycles. The van der Waals surface area contributed by atoms with Crippen LogP contribution in [-0.2, 0) is 19.5 Å². The van der Waals surface area contributed by atoms with E-state index >= 15 is 0 Å². The Morgan fingerprint density at radius 3 is 0.818 bits per heavy atom. The third kappa shape index (κ3) is 9340. The molecule has 0 unspecified atom stereocenters. The number of nitrogens with zero attached hydrogens (tertiary/aromatic N) is 2. The molecule has 0 amide bonds. The molecule has 11 heavy (non-hydrogen) atoms. The van der Waals surface area contributed by atoms with Crippen LogP contribution in [0.5, 0.6) is 0 Å². The summed E-state index contributed by atoms with van der Waals surface area (Å²) in [5, 5.41) is 29.5. The zero-order valence-corrected chi connectivity index (χ0v) is 9.64. The van der Waals surface area contributed by atoms with Gasteiger partial charge in [0.05, 0.1) is 10.2 Å². The third-order valence-corrected chi connectivity index (χ3v) is 0. The fourth-order valence-corrected chi connectivity index (χ4v) is 0. The molecule has 0 bridgehead atoms. The first-order valence-corrected chi connectivity index (χ1v) is 1.10. The molecule has 0 atom stereocenters. The summed E-state index contributed by atoms with van der Waals surface area (Å²) in [6.07, 6.45) is 0. The summed E-state index contributed by atoms with van der Waals surface area (Å²) in [4.78, 5) is 16.5. The fourth-order valence-electron chi connectivity index (χ4n) is 0. The second-order valence-corrected chi connectivity index (χ2v) is 0.447. The summed E-state index contributed by atoms with van der Waals surface area (Å²) in [6, 6.07) is 0. The van der Waals surface area contributed by atoms with Crippen LogP contribution in [0.15, 0.2) is 0 Å². The van der Waals surface area contributed by atoms with Crippen molar-refractivity contribution < 1.29 is 35.1 Å². The van der Waals surface area contributed by atoms with E-state index in [4.69, 9.17) is 30.6 Å². The maximum atomic E-state index is 8.25. The summed E-state index contributed by atoms with van der Waals surface area (Å²) in [5.41, 5.74) is 0. The van der Waals surface area contributed by atoms with Crippen molar-refractivity contribution in [1.82, 2.24) is 0 Å². The predicted octanol–water partition coefficient (Wildman–Crippen LogP) is -1.69. The van der Waals surface area contributed by atoms with Crippen LogP contribution < -0.4 is 0 Å². The van der Waals surface area contributed by atoms with Gasteiger partial charge < -0.3 is 36.1 Å². The van der Waals surface area contributed by atoms with E-state index in [1.807, 2.05) is 0 Å². The van der Waals surface area contributed by atoms with Crippen LogP contribution in [-0.4, -0.2) is 38.7 Å². The van der Waals surface area contributed by atoms with Crippen molar-refractivity contribution in [3.63, 3.8) is 0 Å². The number of rotatable bonds is 0. The maximum absolute atomic E-state index is 8.25. The first-order chi connectivity index (χ1) is 3.46. The van der Waals surface area contributed by atoms with Gasteiger partial charge in [0, 0.05) is 0 Å². The van der Waals surface area contributed by atoms with E-state index < -0.39 is 10.2 Å². The van der Waals surface area contributed by atoms with Gasteiger partial charge in [0.1, 0.15) is 0 Å².